The lowest BCUT2D eigenvalue weighted by Crippen LogP contribution is -2.38. The van der Waals surface area contributed by atoms with Gasteiger partial charge in [0.25, 0.3) is 11.7 Å². The Morgan fingerprint density at radius 2 is 1.68 bits per heavy atom. The minimum Gasteiger partial charge on any atom is -0.507 e. The standard InChI is InChI=1S/C27H33ClN2O4/c1-4-7-18-34-22-14-10-19(11-15-22)24-23(25(31)20-8-12-21(28)13-9-20)26(32)27(33)30(24)17-16-29(5-2)6-3/h8-15,24,31H,4-7,16-18H2,1-3H3/t24-/m1/s1. The van der Waals surface area contributed by atoms with Gasteiger partial charge in [-0.2, -0.15) is 0 Å². The zero-order valence-corrected chi connectivity index (χ0v) is 20.8. The number of halogens is 1. The lowest BCUT2D eigenvalue weighted by molar-refractivity contribution is -0.140. The predicted molar refractivity (Wildman–Crippen MR) is 135 cm³/mol. The van der Waals surface area contributed by atoms with Gasteiger partial charge in [0.05, 0.1) is 18.2 Å². The van der Waals surface area contributed by atoms with Gasteiger partial charge in [-0.3, -0.25) is 9.59 Å². The number of ketones is 1. The van der Waals surface area contributed by atoms with Crippen molar-refractivity contribution in [3.63, 3.8) is 0 Å². The highest BCUT2D eigenvalue weighted by Gasteiger charge is 2.45. The summed E-state index contributed by atoms with van der Waals surface area (Å²) in [5.74, 6) is -0.750. The number of nitrogens with zero attached hydrogens (tertiary/aromatic N) is 2. The molecular weight excluding hydrogens is 452 g/mol. The number of aliphatic hydroxyl groups excluding tert-OH is 1. The molecule has 0 spiro atoms. The molecule has 1 heterocycles. The Kier molecular flexibility index (Phi) is 9.13. The molecule has 0 unspecified atom stereocenters. The summed E-state index contributed by atoms with van der Waals surface area (Å²) in [6, 6.07) is 13.3. The number of aliphatic hydroxyl groups is 1. The smallest absolute Gasteiger partial charge is 0.295 e. The van der Waals surface area contributed by atoms with Crippen LogP contribution in [0.2, 0.25) is 5.02 Å². The van der Waals surface area contributed by atoms with E-state index in [4.69, 9.17) is 16.3 Å². The van der Waals surface area contributed by atoms with Crippen molar-refractivity contribution in [1.82, 2.24) is 9.80 Å². The number of hydrogen-bond acceptors (Lipinski definition) is 5. The van der Waals surface area contributed by atoms with Crippen molar-refractivity contribution >= 4 is 29.1 Å². The molecule has 0 aliphatic carbocycles. The van der Waals surface area contributed by atoms with Crippen LogP contribution in [0.15, 0.2) is 54.1 Å². The fourth-order valence-corrected chi connectivity index (χ4v) is 4.22. The zero-order chi connectivity index (χ0) is 24.7. The third-order valence-corrected chi connectivity index (χ3v) is 6.42. The number of likely N-dealkylation sites (N-methyl/N-ethyl adjacent to an activating group) is 1. The first-order chi connectivity index (χ1) is 16.4. The van der Waals surface area contributed by atoms with Crippen molar-refractivity contribution in [3.8, 4) is 5.75 Å². The molecule has 1 amide bonds. The molecule has 34 heavy (non-hydrogen) atoms. The second-order valence-corrected chi connectivity index (χ2v) is 8.73. The molecule has 7 heteroatoms. The summed E-state index contributed by atoms with van der Waals surface area (Å²) in [6.45, 7) is 9.57. The Morgan fingerprint density at radius 1 is 1.03 bits per heavy atom. The highest BCUT2D eigenvalue weighted by Crippen LogP contribution is 2.39. The molecule has 1 fully saturated rings. The van der Waals surface area contributed by atoms with Crippen LogP contribution in [0.25, 0.3) is 5.76 Å². The minimum atomic E-state index is -0.684. The monoisotopic (exact) mass is 484 g/mol. The molecule has 1 aliphatic heterocycles. The summed E-state index contributed by atoms with van der Waals surface area (Å²) >= 11 is 5.99. The molecule has 182 valence electrons. The third kappa shape index (κ3) is 5.80. The lowest BCUT2D eigenvalue weighted by Gasteiger charge is -2.28. The molecule has 1 saturated heterocycles. The van der Waals surface area contributed by atoms with Gasteiger partial charge < -0.3 is 19.6 Å². The van der Waals surface area contributed by atoms with Gasteiger partial charge >= 0.3 is 0 Å². The van der Waals surface area contributed by atoms with E-state index in [0.29, 0.717) is 30.3 Å². The van der Waals surface area contributed by atoms with E-state index in [2.05, 4.69) is 25.7 Å². The highest BCUT2D eigenvalue weighted by molar-refractivity contribution is 6.46. The summed E-state index contributed by atoms with van der Waals surface area (Å²) in [4.78, 5) is 30.0. The van der Waals surface area contributed by atoms with Crippen molar-refractivity contribution in [2.45, 2.75) is 39.7 Å². The number of hydrogen-bond donors (Lipinski definition) is 1. The van der Waals surface area contributed by atoms with Gasteiger partial charge in [-0.1, -0.05) is 50.9 Å². The lowest BCUT2D eigenvalue weighted by atomic mass is 9.95. The van der Waals surface area contributed by atoms with Crippen LogP contribution in [0, 0.1) is 0 Å². The Bertz CT molecular complexity index is 1010. The first-order valence-electron chi connectivity index (χ1n) is 11.9. The minimum absolute atomic E-state index is 0.0894. The molecule has 0 saturated carbocycles. The predicted octanol–water partition coefficient (Wildman–Crippen LogP) is 5.28. The third-order valence-electron chi connectivity index (χ3n) is 6.17. The van der Waals surface area contributed by atoms with Crippen molar-refractivity contribution < 1.29 is 19.4 Å². The molecule has 3 rings (SSSR count). The molecule has 1 N–H and O–H groups in total. The van der Waals surface area contributed by atoms with E-state index in [-0.39, 0.29) is 11.3 Å². The summed E-state index contributed by atoms with van der Waals surface area (Å²) in [6.07, 6.45) is 2.01. The number of ether oxygens (including phenoxy) is 1. The fraction of sp³-hybridized carbons (Fsp3) is 0.407. The highest BCUT2D eigenvalue weighted by atomic mass is 35.5. The average Bonchev–Trinajstić information content (AvgIpc) is 3.10. The number of carbonyl (C=O) groups excluding carboxylic acids is 2. The maximum atomic E-state index is 13.1. The van der Waals surface area contributed by atoms with Crippen LogP contribution in [0.3, 0.4) is 0 Å². The van der Waals surface area contributed by atoms with Gasteiger partial charge in [0.15, 0.2) is 0 Å². The van der Waals surface area contributed by atoms with E-state index in [1.54, 1.807) is 29.2 Å². The maximum absolute atomic E-state index is 13.1. The quantitative estimate of drug-likeness (QED) is 0.203. The van der Waals surface area contributed by atoms with E-state index in [0.717, 1.165) is 37.2 Å². The van der Waals surface area contributed by atoms with Crippen LogP contribution >= 0.6 is 11.6 Å². The first kappa shape index (κ1) is 25.8. The maximum Gasteiger partial charge on any atom is 0.295 e. The molecule has 6 nitrogen and oxygen atoms in total. The number of carbonyl (C=O) groups is 2. The molecule has 0 radical (unpaired) electrons. The number of Topliss-reactive ketones (excluding diaryl/α,β-unsaturated/α-hetero) is 1. The number of benzene rings is 2. The van der Waals surface area contributed by atoms with Crippen LogP contribution in [-0.2, 0) is 9.59 Å². The van der Waals surface area contributed by atoms with Gasteiger partial charge in [-0.25, -0.2) is 0 Å². The Hall–Kier alpha value is -2.83. The number of amides is 1. The van der Waals surface area contributed by atoms with Crippen molar-refractivity contribution in [2.75, 3.05) is 32.8 Å². The molecule has 2 aromatic carbocycles. The Morgan fingerprint density at radius 3 is 2.26 bits per heavy atom. The van der Waals surface area contributed by atoms with E-state index < -0.39 is 17.7 Å². The summed E-state index contributed by atoms with van der Waals surface area (Å²) in [7, 11) is 0. The van der Waals surface area contributed by atoms with E-state index >= 15 is 0 Å². The number of unbranched alkanes of at least 4 members (excludes halogenated alkanes) is 1. The van der Waals surface area contributed by atoms with E-state index in [1.807, 2.05) is 24.3 Å². The normalized spacial score (nSPS) is 17.6. The van der Waals surface area contributed by atoms with Crippen LogP contribution < -0.4 is 4.74 Å². The van der Waals surface area contributed by atoms with Gasteiger partial charge in [0.2, 0.25) is 0 Å². The van der Waals surface area contributed by atoms with E-state index in [1.165, 1.54) is 0 Å². The van der Waals surface area contributed by atoms with Gasteiger partial charge in [0.1, 0.15) is 11.5 Å². The van der Waals surface area contributed by atoms with Gasteiger partial charge in [0, 0.05) is 23.7 Å². The number of rotatable bonds is 11. The molecule has 1 aliphatic rings. The topological polar surface area (TPSA) is 70.1 Å². The largest absolute Gasteiger partial charge is 0.507 e. The molecule has 0 aromatic heterocycles. The van der Waals surface area contributed by atoms with Crippen LogP contribution in [0.5, 0.6) is 5.75 Å². The van der Waals surface area contributed by atoms with Gasteiger partial charge in [-0.05, 0) is 61.5 Å². The fourth-order valence-electron chi connectivity index (χ4n) is 4.09. The Labute approximate surface area is 206 Å². The van der Waals surface area contributed by atoms with Crippen LogP contribution in [-0.4, -0.2) is 59.4 Å². The Balaban J connectivity index is 2.01. The van der Waals surface area contributed by atoms with Crippen LogP contribution in [0.1, 0.15) is 50.8 Å². The van der Waals surface area contributed by atoms with E-state index in [9.17, 15) is 14.7 Å². The van der Waals surface area contributed by atoms with Gasteiger partial charge in [-0.15, -0.1) is 0 Å². The zero-order valence-electron chi connectivity index (χ0n) is 20.1. The molecule has 1 atom stereocenters. The molecule has 2 aromatic rings. The van der Waals surface area contributed by atoms with Crippen LogP contribution in [0.4, 0.5) is 0 Å². The summed E-state index contributed by atoms with van der Waals surface area (Å²) in [5, 5.41) is 11.6. The second kappa shape index (κ2) is 12.0. The molecular formula is C27H33ClN2O4. The first-order valence-corrected chi connectivity index (χ1v) is 12.3. The molecule has 0 bridgehead atoms. The van der Waals surface area contributed by atoms with Crippen molar-refractivity contribution in [2.24, 2.45) is 0 Å². The SMILES string of the molecule is CCCCOc1ccc([C@@H]2C(=C(O)c3ccc(Cl)cc3)C(=O)C(=O)N2CCN(CC)CC)cc1. The average molecular weight is 485 g/mol. The summed E-state index contributed by atoms with van der Waals surface area (Å²) in [5.41, 5.74) is 1.28. The number of likely N-dealkylation sites (tertiary alicyclic amines) is 1. The summed E-state index contributed by atoms with van der Waals surface area (Å²) < 4.78 is 5.77. The second-order valence-electron chi connectivity index (χ2n) is 8.30. The van der Waals surface area contributed by atoms with Crippen molar-refractivity contribution in [3.05, 3.63) is 70.3 Å². The van der Waals surface area contributed by atoms with Crippen molar-refractivity contribution in [1.29, 1.82) is 0 Å².